The third-order valence-electron chi connectivity index (χ3n) is 9.10. The van der Waals surface area contributed by atoms with Gasteiger partial charge in [0.05, 0.1) is 5.69 Å². The second-order valence-electron chi connectivity index (χ2n) is 11.9. The summed E-state index contributed by atoms with van der Waals surface area (Å²) in [6.07, 6.45) is 0. The third kappa shape index (κ3) is 4.18. The van der Waals surface area contributed by atoms with Crippen LogP contribution in [0.5, 0.6) is 0 Å². The molecule has 0 aliphatic carbocycles. The third-order valence-corrected chi connectivity index (χ3v) is 10.3. The maximum absolute atomic E-state index is 6.51. The van der Waals surface area contributed by atoms with Gasteiger partial charge in [0.1, 0.15) is 11.1 Å². The Bertz CT molecular complexity index is 2780. The van der Waals surface area contributed by atoms with Crippen molar-refractivity contribution in [2.24, 2.45) is 0 Å². The van der Waals surface area contributed by atoms with Crippen LogP contribution in [-0.4, -0.2) is 4.98 Å². The van der Waals surface area contributed by atoms with E-state index in [0.717, 1.165) is 72.2 Å². The highest BCUT2D eigenvalue weighted by Gasteiger charge is 2.22. The molecule has 0 amide bonds. The Morgan fingerprint density at radius 1 is 0.521 bits per heavy atom. The number of rotatable bonds is 5. The summed E-state index contributed by atoms with van der Waals surface area (Å²) in [5.74, 6) is 0.632. The normalized spacial score (nSPS) is 11.8. The topological polar surface area (TPSA) is 42.4 Å². The molecular weight excluding hydrogens is 609 g/mol. The fraction of sp³-hybridized carbons (Fsp3) is 0. The maximum atomic E-state index is 6.51. The van der Waals surface area contributed by atoms with E-state index >= 15 is 0 Å². The lowest BCUT2D eigenvalue weighted by Crippen LogP contribution is -2.10. The van der Waals surface area contributed by atoms with E-state index in [1.807, 2.05) is 48.5 Å². The molecule has 0 atom stereocenters. The van der Waals surface area contributed by atoms with E-state index < -0.39 is 0 Å². The Morgan fingerprint density at radius 2 is 1.21 bits per heavy atom. The lowest BCUT2D eigenvalue weighted by Gasteiger charge is -2.25. The number of fused-ring (bicyclic) bond motifs is 8. The van der Waals surface area contributed by atoms with Gasteiger partial charge in [-0.25, -0.2) is 4.98 Å². The number of aromatic nitrogens is 1. The van der Waals surface area contributed by atoms with Crippen molar-refractivity contribution in [3.63, 3.8) is 0 Å². The van der Waals surface area contributed by atoms with Crippen molar-refractivity contribution in [2.75, 3.05) is 4.90 Å². The van der Waals surface area contributed by atoms with E-state index in [2.05, 4.69) is 114 Å². The molecule has 0 fully saturated rings. The van der Waals surface area contributed by atoms with Gasteiger partial charge in [-0.3, -0.25) is 0 Å². The summed E-state index contributed by atoms with van der Waals surface area (Å²) in [7, 11) is 0. The van der Waals surface area contributed by atoms with Crippen LogP contribution in [0.15, 0.2) is 167 Å². The molecule has 0 unspecified atom stereocenters. The Morgan fingerprint density at radius 3 is 2.04 bits per heavy atom. The molecule has 4 nitrogen and oxygen atoms in total. The first-order valence-electron chi connectivity index (χ1n) is 16.0. The molecule has 10 aromatic rings. The van der Waals surface area contributed by atoms with Crippen LogP contribution in [0.1, 0.15) is 0 Å². The van der Waals surface area contributed by atoms with E-state index in [9.17, 15) is 0 Å². The number of benzene rings is 7. The molecule has 0 radical (unpaired) electrons. The number of hydrogen-bond acceptors (Lipinski definition) is 5. The van der Waals surface area contributed by atoms with Crippen molar-refractivity contribution in [1.29, 1.82) is 0 Å². The minimum absolute atomic E-state index is 0.632. The standard InChI is InChI=1S/C43H26N2O2S/c1-3-12-28(13-4-1)43-44-35-26-34(42-39(41(35)47-43)33-17-8-10-21-38(33)48-42)27-22-24-30(25-23-27)45(29-14-5-2-6-15-29)36-19-11-18-32-31-16-7-9-20-37(31)46-40(32)36/h1-26H. The van der Waals surface area contributed by atoms with Gasteiger partial charge in [0, 0.05) is 53.4 Å². The Kier molecular flexibility index (Phi) is 6.01. The van der Waals surface area contributed by atoms with E-state index in [4.69, 9.17) is 13.8 Å². The molecule has 0 saturated heterocycles. The summed E-state index contributed by atoms with van der Waals surface area (Å²) in [6.45, 7) is 0. The van der Waals surface area contributed by atoms with Crippen LogP contribution in [0.25, 0.3) is 75.8 Å². The molecule has 48 heavy (non-hydrogen) atoms. The van der Waals surface area contributed by atoms with Gasteiger partial charge in [-0.1, -0.05) is 97.1 Å². The molecule has 3 heterocycles. The van der Waals surface area contributed by atoms with Crippen LogP contribution in [0.2, 0.25) is 0 Å². The van der Waals surface area contributed by atoms with Crippen molar-refractivity contribution in [1.82, 2.24) is 4.98 Å². The largest absolute Gasteiger partial charge is 0.454 e. The minimum atomic E-state index is 0.632. The smallest absolute Gasteiger partial charge is 0.227 e. The lowest BCUT2D eigenvalue weighted by molar-refractivity contribution is 0.623. The van der Waals surface area contributed by atoms with E-state index in [1.165, 1.54) is 14.8 Å². The first kappa shape index (κ1) is 27.0. The van der Waals surface area contributed by atoms with Crippen molar-refractivity contribution in [3.8, 4) is 22.6 Å². The molecule has 0 aliphatic heterocycles. The number of anilines is 3. The van der Waals surface area contributed by atoms with Crippen LogP contribution < -0.4 is 4.90 Å². The summed E-state index contributed by atoms with van der Waals surface area (Å²) < 4.78 is 15.4. The van der Waals surface area contributed by atoms with Gasteiger partial charge < -0.3 is 13.7 Å². The summed E-state index contributed by atoms with van der Waals surface area (Å²) in [5.41, 5.74) is 9.75. The molecular formula is C43H26N2O2S. The molecule has 10 rings (SSSR count). The number of hydrogen-bond donors (Lipinski definition) is 0. The fourth-order valence-electron chi connectivity index (χ4n) is 6.89. The second kappa shape index (κ2) is 10.7. The summed E-state index contributed by atoms with van der Waals surface area (Å²) >= 11 is 1.80. The second-order valence-corrected chi connectivity index (χ2v) is 13.0. The first-order chi connectivity index (χ1) is 23.8. The van der Waals surface area contributed by atoms with Crippen LogP contribution >= 0.6 is 11.3 Å². The van der Waals surface area contributed by atoms with Crippen molar-refractivity contribution in [3.05, 3.63) is 158 Å². The number of para-hydroxylation sites is 3. The highest BCUT2D eigenvalue weighted by Crippen LogP contribution is 2.46. The van der Waals surface area contributed by atoms with Gasteiger partial charge in [0.25, 0.3) is 0 Å². The maximum Gasteiger partial charge on any atom is 0.227 e. The fourth-order valence-corrected chi connectivity index (χ4v) is 8.13. The molecule has 226 valence electrons. The Hall–Kier alpha value is -6.17. The number of oxazole rings is 1. The molecule has 0 bridgehead atoms. The van der Waals surface area contributed by atoms with Crippen molar-refractivity contribution < 1.29 is 8.83 Å². The van der Waals surface area contributed by atoms with Gasteiger partial charge in [-0.2, -0.15) is 0 Å². The quantitative estimate of drug-likeness (QED) is 0.189. The zero-order chi connectivity index (χ0) is 31.6. The average Bonchev–Trinajstić information content (AvgIpc) is 3.86. The highest BCUT2D eigenvalue weighted by atomic mass is 32.1. The zero-order valence-corrected chi connectivity index (χ0v) is 26.4. The van der Waals surface area contributed by atoms with Crippen molar-refractivity contribution in [2.45, 2.75) is 0 Å². The first-order valence-corrected chi connectivity index (χ1v) is 16.8. The highest BCUT2D eigenvalue weighted by molar-refractivity contribution is 7.26. The van der Waals surface area contributed by atoms with E-state index in [1.54, 1.807) is 11.3 Å². The molecule has 0 aliphatic rings. The van der Waals surface area contributed by atoms with E-state index in [0.29, 0.717) is 5.89 Å². The van der Waals surface area contributed by atoms with Gasteiger partial charge in [0.15, 0.2) is 11.2 Å². The van der Waals surface area contributed by atoms with Crippen LogP contribution in [0.4, 0.5) is 17.1 Å². The molecule has 0 saturated carbocycles. The van der Waals surface area contributed by atoms with Crippen LogP contribution in [0, 0.1) is 0 Å². The predicted octanol–water partition coefficient (Wildman–Crippen LogP) is 12.9. The van der Waals surface area contributed by atoms with E-state index in [-0.39, 0.29) is 0 Å². The Balaban J connectivity index is 1.16. The number of nitrogens with zero attached hydrogens (tertiary/aromatic N) is 2. The zero-order valence-electron chi connectivity index (χ0n) is 25.6. The lowest BCUT2D eigenvalue weighted by atomic mass is 10.0. The number of thiophene rings is 1. The van der Waals surface area contributed by atoms with Crippen LogP contribution in [-0.2, 0) is 0 Å². The number of furan rings is 1. The van der Waals surface area contributed by atoms with Crippen LogP contribution in [0.3, 0.4) is 0 Å². The molecule has 0 spiro atoms. The minimum Gasteiger partial charge on any atom is -0.454 e. The van der Waals surface area contributed by atoms with Gasteiger partial charge >= 0.3 is 0 Å². The molecule has 0 N–H and O–H groups in total. The summed E-state index contributed by atoms with van der Waals surface area (Å²) in [6, 6.07) is 54.8. The monoisotopic (exact) mass is 634 g/mol. The molecule has 3 aromatic heterocycles. The summed E-state index contributed by atoms with van der Waals surface area (Å²) in [5, 5.41) is 4.52. The van der Waals surface area contributed by atoms with Gasteiger partial charge in [0.2, 0.25) is 5.89 Å². The Labute approximate surface area is 279 Å². The molecule has 5 heteroatoms. The SMILES string of the molecule is c1ccc(-c2nc3cc(-c4ccc(N(c5ccccc5)c5cccc6c5oc5ccccc56)cc4)c4sc5ccccc5c4c3o2)cc1. The van der Waals surface area contributed by atoms with Gasteiger partial charge in [-0.05, 0) is 66.2 Å². The average molecular weight is 635 g/mol. The van der Waals surface area contributed by atoms with Gasteiger partial charge in [-0.15, -0.1) is 11.3 Å². The molecule has 7 aromatic carbocycles. The van der Waals surface area contributed by atoms with Crippen molar-refractivity contribution >= 4 is 81.6 Å². The predicted molar refractivity (Wildman–Crippen MR) is 200 cm³/mol. The summed E-state index contributed by atoms with van der Waals surface area (Å²) in [4.78, 5) is 7.27.